The first-order valence-electron chi connectivity index (χ1n) is 6.28. The van der Waals surface area contributed by atoms with Crippen LogP contribution in [0.1, 0.15) is 20.3 Å². The van der Waals surface area contributed by atoms with Crippen LogP contribution < -0.4 is 20.9 Å². The molecule has 0 aromatic carbocycles. The van der Waals surface area contributed by atoms with Crippen LogP contribution in [0.3, 0.4) is 0 Å². The quantitative estimate of drug-likeness (QED) is 0.622. The molecule has 1 aromatic rings. The highest BCUT2D eigenvalue weighted by Crippen LogP contribution is 2.34. The Balaban J connectivity index is 2.28. The Labute approximate surface area is 108 Å². The third-order valence-corrected chi connectivity index (χ3v) is 3.76. The zero-order valence-electron chi connectivity index (χ0n) is 11.2. The summed E-state index contributed by atoms with van der Waals surface area (Å²) < 4.78 is 5.37. The fraction of sp³-hybridized carbons (Fsp3) is 0.667. The molecule has 2 unspecified atom stereocenters. The van der Waals surface area contributed by atoms with Crippen molar-refractivity contribution in [2.45, 2.75) is 20.3 Å². The summed E-state index contributed by atoms with van der Waals surface area (Å²) >= 11 is 0. The monoisotopic (exact) mass is 251 g/mol. The number of anilines is 2. The number of piperidine rings is 1. The van der Waals surface area contributed by atoms with Gasteiger partial charge in [0, 0.05) is 13.1 Å². The number of rotatable bonds is 3. The van der Waals surface area contributed by atoms with Gasteiger partial charge < -0.3 is 15.1 Å². The molecule has 0 bridgehead atoms. The zero-order valence-corrected chi connectivity index (χ0v) is 11.2. The number of nitrogens with two attached hydrogens (primary N) is 1. The van der Waals surface area contributed by atoms with Crippen LogP contribution in [0.2, 0.25) is 0 Å². The van der Waals surface area contributed by atoms with Gasteiger partial charge in [0.15, 0.2) is 11.6 Å². The molecule has 0 spiro atoms. The van der Waals surface area contributed by atoms with Crippen LogP contribution in [0.25, 0.3) is 0 Å². The Bertz CT molecular complexity index is 411. The zero-order chi connectivity index (χ0) is 13.1. The molecule has 2 rings (SSSR count). The lowest BCUT2D eigenvalue weighted by atomic mass is 9.89. The van der Waals surface area contributed by atoms with Gasteiger partial charge in [0.05, 0.1) is 7.11 Å². The van der Waals surface area contributed by atoms with Crippen molar-refractivity contribution < 1.29 is 4.74 Å². The molecular weight excluding hydrogens is 230 g/mol. The molecule has 1 aliphatic rings. The SMILES string of the molecule is COc1c(NN)ncnc1N1CCC(C)C(C)C1. The highest BCUT2D eigenvalue weighted by molar-refractivity contribution is 5.64. The largest absolute Gasteiger partial charge is 0.490 e. The van der Waals surface area contributed by atoms with E-state index in [1.807, 2.05) is 0 Å². The first-order valence-corrected chi connectivity index (χ1v) is 6.28. The van der Waals surface area contributed by atoms with E-state index >= 15 is 0 Å². The van der Waals surface area contributed by atoms with Gasteiger partial charge in [-0.3, -0.25) is 0 Å². The number of nitrogens with one attached hydrogen (secondary N) is 1. The normalized spacial score (nSPS) is 23.9. The molecule has 6 heteroatoms. The molecular formula is C12H21N5O. The van der Waals surface area contributed by atoms with Gasteiger partial charge in [0.25, 0.3) is 0 Å². The topological polar surface area (TPSA) is 76.3 Å². The number of nitrogens with zero attached hydrogens (tertiary/aromatic N) is 3. The Hall–Kier alpha value is -1.56. The summed E-state index contributed by atoms with van der Waals surface area (Å²) in [7, 11) is 1.61. The van der Waals surface area contributed by atoms with Crippen LogP contribution in [-0.4, -0.2) is 30.2 Å². The molecule has 2 atom stereocenters. The van der Waals surface area contributed by atoms with E-state index in [9.17, 15) is 0 Å². The van der Waals surface area contributed by atoms with Crippen molar-refractivity contribution >= 4 is 11.6 Å². The average Bonchev–Trinajstić information content (AvgIpc) is 2.40. The van der Waals surface area contributed by atoms with Gasteiger partial charge in [-0.25, -0.2) is 15.8 Å². The minimum absolute atomic E-state index is 0.522. The van der Waals surface area contributed by atoms with Crippen LogP contribution in [-0.2, 0) is 0 Å². The van der Waals surface area contributed by atoms with Crippen LogP contribution in [0.4, 0.5) is 11.6 Å². The molecule has 0 aliphatic carbocycles. The first-order chi connectivity index (χ1) is 8.67. The summed E-state index contributed by atoms with van der Waals surface area (Å²) in [5, 5.41) is 0. The maximum Gasteiger partial charge on any atom is 0.205 e. The second-order valence-electron chi connectivity index (χ2n) is 4.91. The minimum Gasteiger partial charge on any atom is -0.490 e. The van der Waals surface area contributed by atoms with Crippen molar-refractivity contribution in [2.75, 3.05) is 30.5 Å². The van der Waals surface area contributed by atoms with Gasteiger partial charge in [0.1, 0.15) is 6.33 Å². The van der Waals surface area contributed by atoms with Gasteiger partial charge in [-0.2, -0.15) is 0 Å². The predicted octanol–water partition coefficient (Wildman–Crippen LogP) is 1.25. The van der Waals surface area contributed by atoms with Gasteiger partial charge >= 0.3 is 0 Å². The summed E-state index contributed by atoms with van der Waals surface area (Å²) in [6.45, 7) is 6.54. The highest BCUT2D eigenvalue weighted by Gasteiger charge is 2.26. The second-order valence-corrected chi connectivity index (χ2v) is 4.91. The number of aromatic nitrogens is 2. The maximum atomic E-state index is 5.44. The van der Waals surface area contributed by atoms with Gasteiger partial charge in [-0.15, -0.1) is 0 Å². The Kier molecular flexibility index (Phi) is 3.86. The number of hydrogen-bond donors (Lipinski definition) is 2. The van der Waals surface area contributed by atoms with Gasteiger partial charge in [-0.1, -0.05) is 13.8 Å². The molecule has 1 aromatic heterocycles. The summed E-state index contributed by atoms with van der Waals surface area (Å²) in [4.78, 5) is 10.6. The van der Waals surface area contributed by atoms with Gasteiger partial charge in [0.2, 0.25) is 5.75 Å². The minimum atomic E-state index is 0.522. The predicted molar refractivity (Wildman–Crippen MR) is 71.6 cm³/mol. The third kappa shape index (κ3) is 2.33. The molecule has 0 saturated carbocycles. The lowest BCUT2D eigenvalue weighted by Gasteiger charge is -2.36. The van der Waals surface area contributed by atoms with E-state index in [2.05, 4.69) is 34.1 Å². The lowest BCUT2D eigenvalue weighted by molar-refractivity contribution is 0.319. The third-order valence-electron chi connectivity index (χ3n) is 3.76. The maximum absolute atomic E-state index is 5.44. The van der Waals surface area contributed by atoms with Crippen LogP contribution >= 0.6 is 0 Å². The molecule has 18 heavy (non-hydrogen) atoms. The van der Waals surface area contributed by atoms with Crippen LogP contribution in [0.5, 0.6) is 5.75 Å². The summed E-state index contributed by atoms with van der Waals surface area (Å²) in [6, 6.07) is 0. The summed E-state index contributed by atoms with van der Waals surface area (Å²) in [5.41, 5.74) is 2.54. The van der Waals surface area contributed by atoms with E-state index < -0.39 is 0 Å². The lowest BCUT2D eigenvalue weighted by Crippen LogP contribution is -2.39. The van der Waals surface area contributed by atoms with Gasteiger partial charge in [-0.05, 0) is 18.3 Å². The molecule has 6 nitrogen and oxygen atoms in total. The summed E-state index contributed by atoms with van der Waals surface area (Å²) in [5.74, 6) is 8.79. The number of methoxy groups -OCH3 is 1. The van der Waals surface area contributed by atoms with Crippen molar-refractivity contribution in [3.8, 4) is 5.75 Å². The second kappa shape index (κ2) is 5.39. The number of ether oxygens (including phenoxy) is 1. The van der Waals surface area contributed by atoms with Crippen molar-refractivity contribution in [1.82, 2.24) is 9.97 Å². The van der Waals surface area contributed by atoms with Crippen molar-refractivity contribution in [2.24, 2.45) is 17.7 Å². The van der Waals surface area contributed by atoms with Crippen molar-refractivity contribution in [3.63, 3.8) is 0 Å². The van der Waals surface area contributed by atoms with E-state index in [0.29, 0.717) is 17.5 Å². The van der Waals surface area contributed by atoms with E-state index in [4.69, 9.17) is 10.6 Å². The first kappa shape index (κ1) is 12.9. The van der Waals surface area contributed by atoms with E-state index in [0.717, 1.165) is 24.8 Å². The van der Waals surface area contributed by atoms with E-state index in [1.54, 1.807) is 7.11 Å². The molecule has 0 radical (unpaired) electrons. The van der Waals surface area contributed by atoms with E-state index in [-0.39, 0.29) is 0 Å². The standard InChI is InChI=1S/C12H21N5O/c1-8-4-5-17(6-9(8)2)12-10(18-3)11(16-13)14-7-15-12/h7-9H,4-6,13H2,1-3H3,(H,14,15,16). The molecule has 1 fully saturated rings. The number of nitrogen functional groups attached to an aromatic ring is 1. The molecule has 2 heterocycles. The van der Waals surface area contributed by atoms with Crippen LogP contribution in [0, 0.1) is 11.8 Å². The summed E-state index contributed by atoms with van der Waals surface area (Å²) in [6.07, 6.45) is 2.68. The number of hydrogen-bond acceptors (Lipinski definition) is 6. The van der Waals surface area contributed by atoms with Crippen LogP contribution in [0.15, 0.2) is 6.33 Å². The van der Waals surface area contributed by atoms with E-state index in [1.165, 1.54) is 12.7 Å². The van der Waals surface area contributed by atoms with Crippen molar-refractivity contribution in [1.29, 1.82) is 0 Å². The number of hydrazine groups is 1. The smallest absolute Gasteiger partial charge is 0.205 e. The Morgan fingerprint density at radius 1 is 1.39 bits per heavy atom. The molecule has 3 N–H and O–H groups in total. The molecule has 1 aliphatic heterocycles. The Morgan fingerprint density at radius 2 is 2.17 bits per heavy atom. The Morgan fingerprint density at radius 3 is 2.78 bits per heavy atom. The molecule has 1 saturated heterocycles. The molecule has 0 amide bonds. The molecule has 100 valence electrons. The highest BCUT2D eigenvalue weighted by atomic mass is 16.5. The fourth-order valence-electron chi connectivity index (χ4n) is 2.34. The van der Waals surface area contributed by atoms with Crippen molar-refractivity contribution in [3.05, 3.63) is 6.33 Å². The average molecular weight is 251 g/mol. The fourth-order valence-corrected chi connectivity index (χ4v) is 2.34.